The number of aliphatic imine (C=N–C) groups is 1. The first-order chi connectivity index (χ1) is 12.1. The first-order valence-corrected chi connectivity index (χ1v) is 8.67. The van der Waals surface area contributed by atoms with Crippen LogP contribution < -0.4 is 5.32 Å². The van der Waals surface area contributed by atoms with E-state index in [0.717, 1.165) is 57.1 Å². The number of piperidine rings is 1. The molecule has 0 radical (unpaired) electrons. The first kappa shape index (κ1) is 22.9. The van der Waals surface area contributed by atoms with Gasteiger partial charge in [0, 0.05) is 47.0 Å². The van der Waals surface area contributed by atoms with Crippen molar-refractivity contribution in [3.63, 3.8) is 0 Å². The number of guanidine groups is 1. The molecule has 1 aromatic carbocycles. The number of nitrogens with one attached hydrogen (secondary N) is 1. The lowest BCUT2D eigenvalue weighted by Gasteiger charge is -2.34. The number of phenols is 1. The zero-order valence-corrected chi connectivity index (χ0v) is 17.7. The Morgan fingerprint density at radius 2 is 2.08 bits per heavy atom. The van der Waals surface area contributed by atoms with E-state index in [1.165, 1.54) is 12.1 Å². The van der Waals surface area contributed by atoms with Gasteiger partial charge < -0.3 is 24.8 Å². The van der Waals surface area contributed by atoms with Gasteiger partial charge in [0.05, 0.1) is 6.10 Å². The molecule has 0 amide bonds. The van der Waals surface area contributed by atoms with Gasteiger partial charge in [-0.05, 0) is 37.0 Å². The van der Waals surface area contributed by atoms with Gasteiger partial charge in [0.25, 0.3) is 0 Å². The number of rotatable bonds is 7. The molecule has 1 aliphatic heterocycles. The minimum Gasteiger partial charge on any atom is -0.505 e. The zero-order valence-electron chi connectivity index (χ0n) is 15.4. The largest absolute Gasteiger partial charge is 0.505 e. The summed E-state index contributed by atoms with van der Waals surface area (Å²) in [5, 5.41) is 12.5. The fraction of sp³-hybridized carbons (Fsp3) is 0.611. The molecule has 1 fully saturated rings. The van der Waals surface area contributed by atoms with E-state index in [-0.39, 0.29) is 35.8 Å². The predicted octanol–water partition coefficient (Wildman–Crippen LogP) is 2.74. The summed E-state index contributed by atoms with van der Waals surface area (Å²) in [5.74, 6) is -0.146. The van der Waals surface area contributed by atoms with Crippen molar-refractivity contribution in [1.82, 2.24) is 10.2 Å². The highest BCUT2D eigenvalue weighted by Gasteiger charge is 2.21. The number of benzene rings is 1. The SMILES string of the molecule is CN=C(NCc1ccc(O)c(F)c1)N1CCC(OCCCOC)CC1.I. The summed E-state index contributed by atoms with van der Waals surface area (Å²) in [6.07, 6.45) is 3.13. The van der Waals surface area contributed by atoms with E-state index in [1.807, 2.05) is 0 Å². The van der Waals surface area contributed by atoms with Crippen molar-refractivity contribution in [3.8, 4) is 5.75 Å². The van der Waals surface area contributed by atoms with Crippen LogP contribution in [0.1, 0.15) is 24.8 Å². The number of halogens is 2. The smallest absolute Gasteiger partial charge is 0.193 e. The normalized spacial score (nSPS) is 15.7. The molecule has 2 rings (SSSR count). The molecule has 1 aliphatic rings. The van der Waals surface area contributed by atoms with Gasteiger partial charge in [-0.1, -0.05) is 6.07 Å². The van der Waals surface area contributed by atoms with Crippen molar-refractivity contribution in [3.05, 3.63) is 29.6 Å². The molecule has 26 heavy (non-hydrogen) atoms. The lowest BCUT2D eigenvalue weighted by atomic mass is 10.1. The van der Waals surface area contributed by atoms with Gasteiger partial charge in [0.2, 0.25) is 0 Å². The van der Waals surface area contributed by atoms with Crippen LogP contribution in [-0.4, -0.2) is 62.5 Å². The molecule has 1 saturated heterocycles. The molecule has 0 saturated carbocycles. The van der Waals surface area contributed by atoms with Crippen molar-refractivity contribution in [2.45, 2.75) is 31.9 Å². The van der Waals surface area contributed by atoms with Crippen molar-refractivity contribution in [2.75, 3.05) is 40.5 Å². The summed E-state index contributed by atoms with van der Waals surface area (Å²) in [6.45, 7) is 3.67. The molecule has 1 aromatic rings. The highest BCUT2D eigenvalue weighted by molar-refractivity contribution is 14.0. The standard InChI is InChI=1S/C18H28FN3O3.HI/c1-20-18(21-13-14-4-5-17(23)16(19)12-14)22-8-6-15(7-9-22)25-11-3-10-24-2;/h4-5,12,15,23H,3,6-11,13H2,1-2H3,(H,20,21);1H. The quantitative estimate of drug-likeness (QED) is 0.272. The Bertz CT molecular complexity index is 567. The van der Waals surface area contributed by atoms with Crippen LogP contribution in [0.4, 0.5) is 4.39 Å². The molecule has 0 bridgehead atoms. The van der Waals surface area contributed by atoms with Crippen LogP contribution in [0.25, 0.3) is 0 Å². The number of likely N-dealkylation sites (tertiary alicyclic amines) is 1. The number of hydrogen-bond donors (Lipinski definition) is 2. The fourth-order valence-corrected chi connectivity index (χ4v) is 2.86. The van der Waals surface area contributed by atoms with Crippen molar-refractivity contribution >= 4 is 29.9 Å². The molecule has 148 valence electrons. The highest BCUT2D eigenvalue weighted by Crippen LogP contribution is 2.17. The van der Waals surface area contributed by atoms with Crippen LogP contribution >= 0.6 is 24.0 Å². The fourth-order valence-electron chi connectivity index (χ4n) is 2.86. The maximum Gasteiger partial charge on any atom is 0.193 e. The van der Waals surface area contributed by atoms with Crippen LogP contribution in [0.5, 0.6) is 5.75 Å². The Morgan fingerprint density at radius 1 is 1.35 bits per heavy atom. The van der Waals surface area contributed by atoms with E-state index >= 15 is 0 Å². The molecule has 6 nitrogen and oxygen atoms in total. The third-order valence-corrected chi connectivity index (χ3v) is 4.26. The van der Waals surface area contributed by atoms with Crippen LogP contribution in [0, 0.1) is 5.82 Å². The van der Waals surface area contributed by atoms with Gasteiger partial charge in [-0.15, -0.1) is 24.0 Å². The molecule has 0 aliphatic carbocycles. The molecule has 0 spiro atoms. The van der Waals surface area contributed by atoms with Gasteiger partial charge in [0.15, 0.2) is 17.5 Å². The summed E-state index contributed by atoms with van der Waals surface area (Å²) < 4.78 is 24.3. The Hall–Kier alpha value is -1.13. The summed E-state index contributed by atoms with van der Waals surface area (Å²) in [4.78, 5) is 6.50. The molecule has 0 atom stereocenters. The van der Waals surface area contributed by atoms with E-state index in [9.17, 15) is 9.50 Å². The first-order valence-electron chi connectivity index (χ1n) is 8.67. The summed E-state index contributed by atoms with van der Waals surface area (Å²) in [6, 6.07) is 4.38. The van der Waals surface area contributed by atoms with Crippen LogP contribution in [0.2, 0.25) is 0 Å². The summed E-state index contributed by atoms with van der Waals surface area (Å²) in [5.41, 5.74) is 0.757. The lowest BCUT2D eigenvalue weighted by molar-refractivity contribution is 0.00989. The van der Waals surface area contributed by atoms with E-state index in [1.54, 1.807) is 20.2 Å². The van der Waals surface area contributed by atoms with E-state index in [0.29, 0.717) is 6.54 Å². The topological polar surface area (TPSA) is 66.3 Å². The Morgan fingerprint density at radius 3 is 2.69 bits per heavy atom. The van der Waals surface area contributed by atoms with Crippen molar-refractivity contribution in [1.29, 1.82) is 0 Å². The third-order valence-electron chi connectivity index (χ3n) is 4.26. The number of hydrogen-bond acceptors (Lipinski definition) is 4. The van der Waals surface area contributed by atoms with E-state index < -0.39 is 5.82 Å². The molecule has 2 N–H and O–H groups in total. The van der Waals surface area contributed by atoms with Gasteiger partial charge in [0.1, 0.15) is 0 Å². The zero-order chi connectivity index (χ0) is 18.1. The minimum atomic E-state index is -0.610. The van der Waals surface area contributed by atoms with Crippen molar-refractivity contribution < 1.29 is 19.0 Å². The van der Waals surface area contributed by atoms with Crippen LogP contribution in [0.15, 0.2) is 23.2 Å². The van der Waals surface area contributed by atoms with Gasteiger partial charge in [-0.3, -0.25) is 4.99 Å². The average molecular weight is 481 g/mol. The van der Waals surface area contributed by atoms with Gasteiger partial charge in [-0.25, -0.2) is 4.39 Å². The van der Waals surface area contributed by atoms with Crippen LogP contribution in [-0.2, 0) is 16.0 Å². The number of nitrogens with zero attached hydrogens (tertiary/aromatic N) is 2. The molecule has 8 heteroatoms. The Balaban J connectivity index is 0.00000338. The maximum atomic E-state index is 13.4. The number of aromatic hydroxyl groups is 1. The highest BCUT2D eigenvalue weighted by atomic mass is 127. The number of phenolic OH excluding ortho intramolecular Hbond substituents is 1. The summed E-state index contributed by atoms with van der Waals surface area (Å²) >= 11 is 0. The second-order valence-corrected chi connectivity index (χ2v) is 6.09. The molecular formula is C18H29FIN3O3. The average Bonchev–Trinajstić information content (AvgIpc) is 2.63. The monoisotopic (exact) mass is 481 g/mol. The van der Waals surface area contributed by atoms with Crippen LogP contribution in [0.3, 0.4) is 0 Å². The second-order valence-electron chi connectivity index (χ2n) is 6.09. The Labute approximate surface area is 171 Å². The minimum absolute atomic E-state index is 0. The molecule has 1 heterocycles. The van der Waals surface area contributed by atoms with Crippen molar-refractivity contribution in [2.24, 2.45) is 4.99 Å². The number of methoxy groups -OCH3 is 1. The molecule has 0 unspecified atom stereocenters. The lowest BCUT2D eigenvalue weighted by Crippen LogP contribution is -2.46. The Kier molecular flexibility index (Phi) is 10.8. The maximum absolute atomic E-state index is 13.4. The predicted molar refractivity (Wildman–Crippen MR) is 111 cm³/mol. The molecule has 0 aromatic heterocycles. The molecular weight excluding hydrogens is 452 g/mol. The summed E-state index contributed by atoms with van der Waals surface area (Å²) in [7, 11) is 3.44. The van der Waals surface area contributed by atoms with Gasteiger partial charge >= 0.3 is 0 Å². The second kappa shape index (κ2) is 12.3. The van der Waals surface area contributed by atoms with Gasteiger partial charge in [-0.2, -0.15) is 0 Å². The third kappa shape index (κ3) is 7.24. The van der Waals surface area contributed by atoms with E-state index in [2.05, 4.69) is 15.2 Å². The number of ether oxygens (including phenoxy) is 2. The van der Waals surface area contributed by atoms with E-state index in [4.69, 9.17) is 9.47 Å².